The second kappa shape index (κ2) is 14.5. The topological polar surface area (TPSA) is 140 Å². The van der Waals surface area contributed by atoms with Crippen molar-refractivity contribution < 1.29 is 34.8 Å². The number of aromatic hydroxyl groups is 1. The number of carbonyl (C=O) groups is 2. The van der Waals surface area contributed by atoms with Gasteiger partial charge in [0, 0.05) is 25.8 Å². The van der Waals surface area contributed by atoms with Crippen molar-refractivity contribution in [2.45, 2.75) is 57.5 Å². The lowest BCUT2D eigenvalue weighted by molar-refractivity contribution is -0.130. The summed E-state index contributed by atoms with van der Waals surface area (Å²) in [6.45, 7) is 5.17. The number of rotatable bonds is 14. The minimum absolute atomic E-state index is 0.00528. The van der Waals surface area contributed by atoms with Crippen LogP contribution in [0.15, 0.2) is 48.5 Å². The third-order valence-electron chi connectivity index (χ3n) is 5.86. The van der Waals surface area contributed by atoms with Crippen LogP contribution in [0, 0.1) is 0 Å². The van der Waals surface area contributed by atoms with Crippen molar-refractivity contribution in [1.29, 1.82) is 0 Å². The Balaban J connectivity index is 2.24. The van der Waals surface area contributed by atoms with E-state index in [0.29, 0.717) is 24.2 Å². The number of phenols is 1. The van der Waals surface area contributed by atoms with Crippen molar-refractivity contribution in [3.8, 4) is 5.75 Å². The zero-order valence-electron chi connectivity index (χ0n) is 21.1. The molecule has 9 heteroatoms. The fraction of sp³-hybridized carbons (Fsp3) is 0.481. The molecule has 0 fully saturated rings. The van der Waals surface area contributed by atoms with E-state index < -0.39 is 30.3 Å². The van der Waals surface area contributed by atoms with E-state index in [1.54, 1.807) is 24.3 Å². The maximum absolute atomic E-state index is 13.1. The van der Waals surface area contributed by atoms with Crippen molar-refractivity contribution in [3.05, 3.63) is 65.2 Å². The van der Waals surface area contributed by atoms with Gasteiger partial charge in [-0.25, -0.2) is 0 Å². The number of nitrogens with zero attached hydrogens (tertiary/aromatic N) is 1. The maximum Gasteiger partial charge on any atom is 0.251 e. The van der Waals surface area contributed by atoms with E-state index in [1.807, 2.05) is 18.7 Å². The Morgan fingerprint density at radius 2 is 1.64 bits per heavy atom. The molecule has 0 aliphatic heterocycles. The molecule has 36 heavy (non-hydrogen) atoms. The number of aliphatic hydroxyl groups is 3. The third kappa shape index (κ3) is 8.30. The Bertz CT molecular complexity index is 961. The van der Waals surface area contributed by atoms with Crippen molar-refractivity contribution in [1.82, 2.24) is 10.2 Å². The molecule has 4 atom stereocenters. The Morgan fingerprint density at radius 3 is 2.22 bits per heavy atom. The predicted molar refractivity (Wildman–Crippen MR) is 136 cm³/mol. The summed E-state index contributed by atoms with van der Waals surface area (Å²) in [5.74, 6) is -0.612. The van der Waals surface area contributed by atoms with E-state index in [0.717, 1.165) is 12.8 Å². The van der Waals surface area contributed by atoms with Gasteiger partial charge in [0.25, 0.3) is 5.91 Å². The zero-order chi connectivity index (χ0) is 26.7. The van der Waals surface area contributed by atoms with E-state index in [9.17, 15) is 30.0 Å². The molecule has 0 heterocycles. The van der Waals surface area contributed by atoms with Crippen LogP contribution in [0.5, 0.6) is 5.75 Å². The molecule has 2 rings (SSSR count). The number of nitrogens with one attached hydrogen (secondary N) is 1. The zero-order valence-corrected chi connectivity index (χ0v) is 21.1. The van der Waals surface area contributed by atoms with Crippen molar-refractivity contribution in [2.75, 3.05) is 26.8 Å². The fourth-order valence-corrected chi connectivity index (χ4v) is 3.98. The summed E-state index contributed by atoms with van der Waals surface area (Å²) in [4.78, 5) is 27.7. The average Bonchev–Trinajstić information content (AvgIpc) is 2.87. The number of ether oxygens (including phenoxy) is 1. The standard InChI is InChI=1S/C27H38N2O7/c1-4-13-29(14-5-2)23(32)16-18-7-6-8-20(15-18)27(35)28-24(26(34)22(31)17-36-3)25(33)19-9-11-21(30)12-10-19/h6-12,15,22,24-26,30-31,33-34H,4-5,13-14,16-17H2,1-3H3,(H,28,35). The van der Waals surface area contributed by atoms with Gasteiger partial charge in [0.15, 0.2) is 0 Å². The molecular formula is C27H38N2O7. The first-order valence-corrected chi connectivity index (χ1v) is 12.2. The van der Waals surface area contributed by atoms with Crippen LogP contribution in [-0.4, -0.2) is 82.2 Å². The minimum atomic E-state index is -1.56. The normalized spacial score (nSPS) is 14.5. The summed E-state index contributed by atoms with van der Waals surface area (Å²) in [6.07, 6.45) is -2.46. The first-order valence-electron chi connectivity index (χ1n) is 12.2. The minimum Gasteiger partial charge on any atom is -0.508 e. The molecular weight excluding hydrogens is 464 g/mol. The highest BCUT2D eigenvalue weighted by Gasteiger charge is 2.34. The van der Waals surface area contributed by atoms with Crippen LogP contribution in [0.25, 0.3) is 0 Å². The first kappa shape index (κ1) is 29.3. The SMILES string of the molecule is CCCN(CCC)C(=O)Cc1cccc(C(=O)NC(C(O)c2ccc(O)cc2)C(O)C(O)COC)c1. The molecule has 5 N–H and O–H groups in total. The fourth-order valence-electron chi connectivity index (χ4n) is 3.98. The summed E-state index contributed by atoms with van der Waals surface area (Å²) < 4.78 is 4.90. The van der Waals surface area contributed by atoms with Gasteiger partial charge in [-0.3, -0.25) is 9.59 Å². The number of amides is 2. The molecule has 2 aromatic rings. The molecule has 4 unspecified atom stereocenters. The number of benzene rings is 2. The van der Waals surface area contributed by atoms with Crippen LogP contribution in [0.4, 0.5) is 0 Å². The molecule has 2 amide bonds. The first-order chi connectivity index (χ1) is 17.2. The maximum atomic E-state index is 13.1. The molecule has 0 aliphatic rings. The molecule has 0 aromatic heterocycles. The van der Waals surface area contributed by atoms with Crippen LogP contribution >= 0.6 is 0 Å². The van der Waals surface area contributed by atoms with Gasteiger partial charge in [0.05, 0.1) is 19.1 Å². The molecule has 0 saturated carbocycles. The number of aliphatic hydroxyl groups excluding tert-OH is 3. The summed E-state index contributed by atoms with van der Waals surface area (Å²) in [5.41, 5.74) is 1.24. The second-order valence-electron chi connectivity index (χ2n) is 8.81. The lowest BCUT2D eigenvalue weighted by atomic mass is 9.94. The number of methoxy groups -OCH3 is 1. The largest absolute Gasteiger partial charge is 0.508 e. The smallest absolute Gasteiger partial charge is 0.251 e. The van der Waals surface area contributed by atoms with Gasteiger partial charge in [-0.2, -0.15) is 0 Å². The van der Waals surface area contributed by atoms with Crippen LogP contribution in [0.3, 0.4) is 0 Å². The summed E-state index contributed by atoms with van der Waals surface area (Å²) >= 11 is 0. The van der Waals surface area contributed by atoms with Crippen molar-refractivity contribution in [2.24, 2.45) is 0 Å². The summed E-state index contributed by atoms with van der Waals surface area (Å²) in [7, 11) is 1.36. The van der Waals surface area contributed by atoms with E-state index in [4.69, 9.17) is 4.74 Å². The Hall–Kier alpha value is -2.98. The number of phenolic OH excluding ortho intramolecular Hbond substituents is 1. The molecule has 2 aromatic carbocycles. The molecule has 0 aliphatic carbocycles. The van der Waals surface area contributed by atoms with Crippen LogP contribution in [0.2, 0.25) is 0 Å². The van der Waals surface area contributed by atoms with Gasteiger partial charge < -0.3 is 35.4 Å². The Labute approximate surface area is 212 Å². The quantitative estimate of drug-likeness (QED) is 0.265. The highest BCUT2D eigenvalue weighted by Crippen LogP contribution is 2.23. The molecule has 0 spiro atoms. The predicted octanol–water partition coefficient (Wildman–Crippen LogP) is 1.78. The molecule has 0 radical (unpaired) electrons. The number of hydrogen-bond acceptors (Lipinski definition) is 7. The highest BCUT2D eigenvalue weighted by atomic mass is 16.5. The van der Waals surface area contributed by atoms with Crippen molar-refractivity contribution >= 4 is 11.8 Å². The van der Waals surface area contributed by atoms with Gasteiger partial charge in [0.1, 0.15) is 24.1 Å². The molecule has 0 bridgehead atoms. The van der Waals surface area contributed by atoms with E-state index in [1.165, 1.54) is 31.4 Å². The Morgan fingerprint density at radius 1 is 1.00 bits per heavy atom. The van der Waals surface area contributed by atoms with Gasteiger partial charge in [-0.15, -0.1) is 0 Å². The highest BCUT2D eigenvalue weighted by molar-refractivity contribution is 5.95. The Kier molecular flexibility index (Phi) is 11.8. The van der Waals surface area contributed by atoms with Gasteiger partial charge in [0.2, 0.25) is 5.91 Å². The van der Waals surface area contributed by atoms with E-state index in [-0.39, 0.29) is 30.2 Å². The van der Waals surface area contributed by atoms with Gasteiger partial charge >= 0.3 is 0 Å². The lowest BCUT2D eigenvalue weighted by Gasteiger charge is -2.31. The van der Waals surface area contributed by atoms with Crippen LogP contribution < -0.4 is 5.32 Å². The van der Waals surface area contributed by atoms with E-state index >= 15 is 0 Å². The molecule has 0 saturated heterocycles. The van der Waals surface area contributed by atoms with Crippen LogP contribution in [0.1, 0.15) is 54.3 Å². The van der Waals surface area contributed by atoms with Gasteiger partial charge in [-0.05, 0) is 48.2 Å². The molecule has 9 nitrogen and oxygen atoms in total. The second-order valence-corrected chi connectivity index (χ2v) is 8.81. The van der Waals surface area contributed by atoms with Crippen LogP contribution in [-0.2, 0) is 16.0 Å². The number of carbonyl (C=O) groups excluding carboxylic acids is 2. The lowest BCUT2D eigenvalue weighted by Crippen LogP contribution is -2.52. The van der Waals surface area contributed by atoms with Crippen molar-refractivity contribution in [3.63, 3.8) is 0 Å². The average molecular weight is 503 g/mol. The third-order valence-corrected chi connectivity index (χ3v) is 5.86. The summed E-state index contributed by atoms with van der Waals surface area (Å²) in [5, 5.41) is 44.1. The monoisotopic (exact) mass is 502 g/mol. The van der Waals surface area contributed by atoms with E-state index in [2.05, 4.69) is 5.32 Å². The molecule has 198 valence electrons. The summed E-state index contributed by atoms with van der Waals surface area (Å²) in [6, 6.07) is 11.0. The van der Waals surface area contributed by atoms with Gasteiger partial charge in [-0.1, -0.05) is 38.1 Å². The number of hydrogen-bond donors (Lipinski definition) is 5.